The normalized spacial score (nSPS) is 15.1. The van der Waals surface area contributed by atoms with Crippen LogP contribution in [0, 0.1) is 11.3 Å². The molecule has 1 amide bonds. The van der Waals surface area contributed by atoms with Gasteiger partial charge in [-0.15, -0.1) is 0 Å². The van der Waals surface area contributed by atoms with Crippen molar-refractivity contribution in [3.63, 3.8) is 0 Å². The van der Waals surface area contributed by atoms with Gasteiger partial charge in [-0.3, -0.25) is 4.79 Å². The molecule has 0 aliphatic rings. The second kappa shape index (κ2) is 6.59. The number of amides is 1. The number of carbonyl (C=O) groups is 2. The summed E-state index contributed by atoms with van der Waals surface area (Å²) in [4.78, 5) is 22.7. The first-order chi connectivity index (χ1) is 7.68. The quantitative estimate of drug-likeness (QED) is 0.739. The molecule has 5 heteroatoms. The summed E-state index contributed by atoms with van der Waals surface area (Å²) >= 11 is 0. The molecule has 0 aromatic carbocycles. The van der Waals surface area contributed by atoms with Gasteiger partial charge in [-0.1, -0.05) is 27.7 Å². The smallest absolute Gasteiger partial charge is 0.326 e. The average molecular weight is 245 g/mol. The second-order valence-electron chi connectivity index (χ2n) is 5.47. The predicted octanol–water partition coefficient (Wildman–Crippen LogP) is 1.27. The van der Waals surface area contributed by atoms with Crippen LogP contribution >= 0.6 is 0 Å². The van der Waals surface area contributed by atoms with E-state index in [0.29, 0.717) is 6.61 Å². The standard InChI is InChI=1S/C12H23NO4/c1-8(7-17-5)6-9(14)13-10(11(15)16)12(2,3)4/h8,10H,6-7H2,1-5H3,(H,13,14)(H,15,16). The van der Waals surface area contributed by atoms with Crippen molar-refractivity contribution in [2.75, 3.05) is 13.7 Å². The number of nitrogens with one attached hydrogen (secondary N) is 1. The summed E-state index contributed by atoms with van der Waals surface area (Å²) in [6.45, 7) is 7.72. The Kier molecular flexibility index (Phi) is 6.16. The van der Waals surface area contributed by atoms with Crippen LogP contribution in [0.15, 0.2) is 0 Å². The molecule has 0 bridgehead atoms. The first-order valence-corrected chi connectivity index (χ1v) is 5.69. The molecule has 100 valence electrons. The summed E-state index contributed by atoms with van der Waals surface area (Å²) < 4.78 is 4.93. The summed E-state index contributed by atoms with van der Waals surface area (Å²) in [5.41, 5.74) is -0.508. The highest BCUT2D eigenvalue weighted by Gasteiger charge is 2.32. The SMILES string of the molecule is COCC(C)CC(=O)NC(C(=O)O)C(C)(C)C. The fraction of sp³-hybridized carbons (Fsp3) is 0.833. The number of hydrogen-bond donors (Lipinski definition) is 2. The molecule has 5 nitrogen and oxygen atoms in total. The molecule has 0 aliphatic carbocycles. The minimum Gasteiger partial charge on any atom is -0.480 e. The van der Waals surface area contributed by atoms with Gasteiger partial charge < -0.3 is 15.2 Å². The van der Waals surface area contributed by atoms with Crippen LogP contribution in [0.4, 0.5) is 0 Å². The Labute approximate surface area is 103 Å². The highest BCUT2D eigenvalue weighted by Crippen LogP contribution is 2.19. The molecule has 0 fully saturated rings. The van der Waals surface area contributed by atoms with Crippen LogP contribution < -0.4 is 5.32 Å². The zero-order valence-electron chi connectivity index (χ0n) is 11.2. The van der Waals surface area contributed by atoms with Crippen LogP contribution in [-0.4, -0.2) is 36.7 Å². The van der Waals surface area contributed by atoms with E-state index in [1.54, 1.807) is 27.9 Å². The molecule has 17 heavy (non-hydrogen) atoms. The van der Waals surface area contributed by atoms with Crippen molar-refractivity contribution >= 4 is 11.9 Å². The van der Waals surface area contributed by atoms with Crippen molar-refractivity contribution in [2.45, 2.75) is 40.2 Å². The van der Waals surface area contributed by atoms with Crippen LogP contribution in [0.5, 0.6) is 0 Å². The zero-order chi connectivity index (χ0) is 13.6. The Bertz CT molecular complexity index is 270. The third-order valence-corrected chi connectivity index (χ3v) is 2.40. The fourth-order valence-electron chi connectivity index (χ4n) is 1.53. The first-order valence-electron chi connectivity index (χ1n) is 5.69. The van der Waals surface area contributed by atoms with Crippen molar-refractivity contribution < 1.29 is 19.4 Å². The van der Waals surface area contributed by atoms with Crippen molar-refractivity contribution in [3.05, 3.63) is 0 Å². The minimum absolute atomic E-state index is 0.0782. The van der Waals surface area contributed by atoms with E-state index in [-0.39, 0.29) is 18.2 Å². The van der Waals surface area contributed by atoms with E-state index >= 15 is 0 Å². The topological polar surface area (TPSA) is 75.6 Å². The lowest BCUT2D eigenvalue weighted by molar-refractivity contribution is -0.145. The molecular formula is C12H23NO4. The Morgan fingerprint density at radius 3 is 2.24 bits per heavy atom. The van der Waals surface area contributed by atoms with Gasteiger partial charge >= 0.3 is 5.97 Å². The van der Waals surface area contributed by atoms with Crippen molar-refractivity contribution in [2.24, 2.45) is 11.3 Å². The van der Waals surface area contributed by atoms with Gasteiger partial charge in [0.1, 0.15) is 6.04 Å². The van der Waals surface area contributed by atoms with Gasteiger partial charge in [0.2, 0.25) is 5.91 Å². The number of methoxy groups -OCH3 is 1. The van der Waals surface area contributed by atoms with Gasteiger partial charge in [0.25, 0.3) is 0 Å². The third kappa shape index (κ3) is 6.26. The van der Waals surface area contributed by atoms with Crippen LogP contribution in [0.3, 0.4) is 0 Å². The maximum atomic E-state index is 11.7. The summed E-state index contributed by atoms with van der Waals surface area (Å²) in [5.74, 6) is -1.18. The molecule has 0 saturated carbocycles. The van der Waals surface area contributed by atoms with Crippen molar-refractivity contribution in [3.8, 4) is 0 Å². The molecule has 0 aliphatic heterocycles. The summed E-state index contributed by atoms with van der Waals surface area (Å²) in [7, 11) is 1.57. The van der Waals surface area contributed by atoms with Crippen molar-refractivity contribution in [1.82, 2.24) is 5.32 Å². The van der Waals surface area contributed by atoms with E-state index in [2.05, 4.69) is 5.32 Å². The molecule has 2 N–H and O–H groups in total. The average Bonchev–Trinajstić information content (AvgIpc) is 2.12. The molecule has 0 spiro atoms. The van der Waals surface area contributed by atoms with Crippen LogP contribution in [0.25, 0.3) is 0 Å². The molecule has 2 unspecified atom stereocenters. The Morgan fingerprint density at radius 2 is 1.88 bits per heavy atom. The number of carbonyl (C=O) groups excluding carboxylic acids is 1. The van der Waals surface area contributed by atoms with E-state index in [4.69, 9.17) is 9.84 Å². The molecule has 0 radical (unpaired) electrons. The second-order valence-corrected chi connectivity index (χ2v) is 5.47. The van der Waals surface area contributed by atoms with E-state index in [1.165, 1.54) is 0 Å². The molecule has 0 saturated heterocycles. The highest BCUT2D eigenvalue weighted by molar-refractivity contribution is 5.84. The van der Waals surface area contributed by atoms with Crippen LogP contribution in [0.1, 0.15) is 34.1 Å². The minimum atomic E-state index is -1.01. The highest BCUT2D eigenvalue weighted by atomic mass is 16.5. The predicted molar refractivity (Wildman–Crippen MR) is 64.7 cm³/mol. The third-order valence-electron chi connectivity index (χ3n) is 2.40. The molecule has 2 atom stereocenters. The number of aliphatic carboxylic acids is 1. The van der Waals surface area contributed by atoms with E-state index in [0.717, 1.165) is 0 Å². The van der Waals surface area contributed by atoms with Gasteiger partial charge in [-0.2, -0.15) is 0 Å². The monoisotopic (exact) mass is 245 g/mol. The van der Waals surface area contributed by atoms with Gasteiger partial charge in [0.05, 0.1) is 0 Å². The van der Waals surface area contributed by atoms with Gasteiger partial charge in [-0.25, -0.2) is 4.79 Å². The maximum Gasteiger partial charge on any atom is 0.326 e. The van der Waals surface area contributed by atoms with Gasteiger partial charge in [0, 0.05) is 20.1 Å². The lowest BCUT2D eigenvalue weighted by Crippen LogP contribution is -2.49. The van der Waals surface area contributed by atoms with E-state index in [1.807, 2.05) is 6.92 Å². The summed E-state index contributed by atoms with van der Waals surface area (Å²) in [6.07, 6.45) is 0.272. The maximum absolute atomic E-state index is 11.7. The Morgan fingerprint density at radius 1 is 1.35 bits per heavy atom. The van der Waals surface area contributed by atoms with Crippen molar-refractivity contribution in [1.29, 1.82) is 0 Å². The Hall–Kier alpha value is -1.10. The lowest BCUT2D eigenvalue weighted by Gasteiger charge is -2.28. The molecular weight excluding hydrogens is 222 g/mol. The molecule has 0 aromatic heterocycles. The van der Waals surface area contributed by atoms with E-state index in [9.17, 15) is 9.59 Å². The fourth-order valence-corrected chi connectivity index (χ4v) is 1.53. The molecule has 0 aromatic rings. The van der Waals surface area contributed by atoms with Gasteiger partial charge in [0.15, 0.2) is 0 Å². The summed E-state index contributed by atoms with van der Waals surface area (Å²) in [5, 5.41) is 11.6. The van der Waals surface area contributed by atoms with Gasteiger partial charge in [-0.05, 0) is 11.3 Å². The number of carboxylic acids is 1. The zero-order valence-corrected chi connectivity index (χ0v) is 11.2. The largest absolute Gasteiger partial charge is 0.480 e. The van der Waals surface area contributed by atoms with Crippen LogP contribution in [0.2, 0.25) is 0 Å². The first kappa shape index (κ1) is 15.9. The number of rotatable bonds is 6. The lowest BCUT2D eigenvalue weighted by atomic mass is 9.86. The summed E-state index contributed by atoms with van der Waals surface area (Å²) in [6, 6.07) is -0.871. The van der Waals surface area contributed by atoms with Crippen LogP contribution in [-0.2, 0) is 14.3 Å². The molecule has 0 rings (SSSR count). The number of ether oxygens (including phenoxy) is 1. The number of hydrogen-bond acceptors (Lipinski definition) is 3. The molecule has 0 heterocycles. The van der Waals surface area contributed by atoms with E-state index < -0.39 is 17.4 Å². The Balaban J connectivity index is 4.38. The number of carboxylic acid groups (broad SMARTS) is 1.